The van der Waals surface area contributed by atoms with Crippen LogP contribution in [0.3, 0.4) is 0 Å². The highest BCUT2D eigenvalue weighted by atomic mass is 32.1. The molecule has 1 fully saturated rings. The number of carbonyl (C=O) groups is 3. The zero-order valence-electron chi connectivity index (χ0n) is 22.3. The fraction of sp³-hybridized carbons (Fsp3) is 0.267. The summed E-state index contributed by atoms with van der Waals surface area (Å²) in [6, 6.07) is 11.1. The van der Waals surface area contributed by atoms with E-state index in [-0.39, 0.29) is 40.7 Å². The average molecular weight is 561 g/mol. The number of nitrogens with zero attached hydrogens (tertiary/aromatic N) is 2. The molecule has 3 aromatic rings. The van der Waals surface area contributed by atoms with E-state index in [1.54, 1.807) is 62.4 Å². The van der Waals surface area contributed by atoms with Crippen molar-refractivity contribution in [3.63, 3.8) is 0 Å². The van der Waals surface area contributed by atoms with Crippen LogP contribution in [0, 0.1) is 6.92 Å². The van der Waals surface area contributed by atoms with E-state index in [2.05, 4.69) is 11.6 Å². The van der Waals surface area contributed by atoms with E-state index in [0.29, 0.717) is 29.0 Å². The number of aliphatic hydroxyl groups is 1. The fourth-order valence-corrected chi connectivity index (χ4v) is 5.86. The van der Waals surface area contributed by atoms with Crippen molar-refractivity contribution in [1.82, 2.24) is 4.98 Å². The first-order valence-corrected chi connectivity index (χ1v) is 13.6. The Balaban J connectivity index is 1.67. The van der Waals surface area contributed by atoms with Gasteiger partial charge in [0.25, 0.3) is 5.78 Å². The molecule has 3 heterocycles. The monoisotopic (exact) mass is 560 g/mol. The molecule has 9 nitrogen and oxygen atoms in total. The van der Waals surface area contributed by atoms with Crippen LogP contribution in [0.4, 0.5) is 5.13 Å². The number of ether oxygens (including phenoxy) is 3. The Morgan fingerprint density at radius 2 is 2.08 bits per heavy atom. The Morgan fingerprint density at radius 3 is 2.83 bits per heavy atom. The smallest absolute Gasteiger partial charge is 0.350 e. The van der Waals surface area contributed by atoms with Crippen molar-refractivity contribution in [2.75, 3.05) is 18.1 Å². The van der Waals surface area contributed by atoms with Crippen LogP contribution in [0.1, 0.15) is 51.9 Å². The molecular weight excluding hydrogens is 532 g/mol. The van der Waals surface area contributed by atoms with Crippen LogP contribution in [0.15, 0.2) is 60.7 Å². The molecule has 1 saturated heterocycles. The van der Waals surface area contributed by atoms with E-state index in [1.807, 2.05) is 6.92 Å². The molecule has 1 amide bonds. The van der Waals surface area contributed by atoms with E-state index in [1.165, 1.54) is 4.90 Å². The maximum Gasteiger partial charge on any atom is 0.350 e. The van der Waals surface area contributed by atoms with Gasteiger partial charge in [-0.3, -0.25) is 14.5 Å². The number of aromatic nitrogens is 1. The molecule has 0 saturated carbocycles. The number of fused-ring (bicyclic) bond motifs is 1. The van der Waals surface area contributed by atoms with Gasteiger partial charge in [0.2, 0.25) is 0 Å². The number of aryl methyl sites for hydroxylation is 1. The van der Waals surface area contributed by atoms with Crippen molar-refractivity contribution in [3.8, 4) is 11.5 Å². The predicted molar refractivity (Wildman–Crippen MR) is 150 cm³/mol. The van der Waals surface area contributed by atoms with Gasteiger partial charge in [0, 0.05) is 12.0 Å². The van der Waals surface area contributed by atoms with Gasteiger partial charge in [-0.2, -0.15) is 0 Å². The zero-order chi connectivity index (χ0) is 28.6. The van der Waals surface area contributed by atoms with E-state index < -0.39 is 23.7 Å². The van der Waals surface area contributed by atoms with Gasteiger partial charge in [0.05, 0.1) is 23.9 Å². The first-order valence-electron chi connectivity index (χ1n) is 12.8. The van der Waals surface area contributed by atoms with Crippen molar-refractivity contribution in [2.24, 2.45) is 0 Å². The molecule has 206 valence electrons. The number of Topliss-reactive ketones (excluding diaryl/α,β-unsaturated/α-hetero) is 1. The molecule has 0 unspecified atom stereocenters. The van der Waals surface area contributed by atoms with Crippen molar-refractivity contribution >= 4 is 39.9 Å². The number of thiazole rings is 1. The van der Waals surface area contributed by atoms with Gasteiger partial charge in [-0.15, -0.1) is 0 Å². The molecule has 2 aliphatic heterocycles. The lowest BCUT2D eigenvalue weighted by Crippen LogP contribution is -2.29. The lowest BCUT2D eigenvalue weighted by atomic mass is 9.94. The Morgan fingerprint density at radius 1 is 1.27 bits per heavy atom. The summed E-state index contributed by atoms with van der Waals surface area (Å²) < 4.78 is 16.6. The Hall–Kier alpha value is -4.44. The number of benzene rings is 2. The molecule has 0 spiro atoms. The number of hydrogen-bond donors (Lipinski definition) is 1. The normalized spacial score (nSPS) is 19.3. The number of amides is 1. The van der Waals surface area contributed by atoms with Crippen LogP contribution in [0.5, 0.6) is 11.5 Å². The Bertz CT molecular complexity index is 1560. The van der Waals surface area contributed by atoms with Gasteiger partial charge in [0.1, 0.15) is 34.8 Å². The number of rotatable bonds is 8. The van der Waals surface area contributed by atoms with Crippen LogP contribution in [-0.4, -0.2) is 47.1 Å². The van der Waals surface area contributed by atoms with E-state index in [9.17, 15) is 19.5 Å². The minimum Gasteiger partial charge on any atom is -0.507 e. The Labute approximate surface area is 235 Å². The number of ketones is 1. The molecule has 1 aromatic heterocycles. The number of hydrogen-bond acceptors (Lipinski definition) is 9. The van der Waals surface area contributed by atoms with Crippen LogP contribution in [0.25, 0.3) is 5.76 Å². The Kier molecular flexibility index (Phi) is 7.44. The molecule has 10 heteroatoms. The summed E-state index contributed by atoms with van der Waals surface area (Å²) in [4.78, 5) is 45.5. The lowest BCUT2D eigenvalue weighted by molar-refractivity contribution is -0.132. The molecular formula is C30H28N2O7S. The molecule has 2 aromatic carbocycles. The number of carbonyl (C=O) groups excluding carboxylic acids is 3. The summed E-state index contributed by atoms with van der Waals surface area (Å²) in [6.45, 7) is 9.38. The summed E-state index contributed by atoms with van der Waals surface area (Å²) in [5, 5.41) is 11.7. The fourth-order valence-electron chi connectivity index (χ4n) is 4.87. The maximum absolute atomic E-state index is 13.6. The molecule has 40 heavy (non-hydrogen) atoms. The van der Waals surface area contributed by atoms with Gasteiger partial charge < -0.3 is 19.3 Å². The zero-order valence-corrected chi connectivity index (χ0v) is 23.1. The number of anilines is 1. The second kappa shape index (κ2) is 11.0. The summed E-state index contributed by atoms with van der Waals surface area (Å²) in [5.41, 5.74) is 2.09. The van der Waals surface area contributed by atoms with Crippen molar-refractivity contribution < 1.29 is 33.7 Å². The molecule has 0 aliphatic carbocycles. The maximum atomic E-state index is 13.6. The molecule has 5 rings (SSSR count). The molecule has 2 atom stereocenters. The third kappa shape index (κ3) is 4.86. The standard InChI is InChI=1S/C30H28N2O7S/c1-5-12-38-21-9-7-8-18(15-21)24-23(25(33)19-10-11-22-20(14-19)13-16(3)39-22)26(34)28(35)32(24)30-31-17(4)27(40-30)29(36)37-6-2/h5,7-11,14-16,24,33H,1,6,12-13H2,2-4H3/t16-,24+/m0/s1. The highest BCUT2D eigenvalue weighted by molar-refractivity contribution is 7.17. The minimum atomic E-state index is -1.03. The van der Waals surface area contributed by atoms with Crippen molar-refractivity contribution in [3.05, 3.63) is 88.0 Å². The lowest BCUT2D eigenvalue weighted by Gasteiger charge is -2.23. The highest BCUT2D eigenvalue weighted by Gasteiger charge is 2.48. The summed E-state index contributed by atoms with van der Waals surface area (Å²) >= 11 is 0.955. The van der Waals surface area contributed by atoms with Crippen LogP contribution >= 0.6 is 11.3 Å². The van der Waals surface area contributed by atoms with Crippen molar-refractivity contribution in [2.45, 2.75) is 39.3 Å². The van der Waals surface area contributed by atoms with E-state index in [4.69, 9.17) is 14.2 Å². The molecule has 0 radical (unpaired) electrons. The van der Waals surface area contributed by atoms with Crippen LogP contribution in [-0.2, 0) is 20.7 Å². The second-order valence-corrected chi connectivity index (χ2v) is 10.4. The van der Waals surface area contributed by atoms with E-state index >= 15 is 0 Å². The molecule has 1 N–H and O–H groups in total. The second-order valence-electron chi connectivity index (χ2n) is 9.43. The SMILES string of the molecule is C=CCOc1cccc([C@@H]2C(=C(O)c3ccc4c(c3)C[C@H](C)O4)C(=O)C(=O)N2c2nc(C)c(C(=O)OCC)s2)c1. The minimum absolute atomic E-state index is 0.00183. The molecule has 0 bridgehead atoms. The van der Waals surface area contributed by atoms with Gasteiger partial charge in [0.15, 0.2) is 5.13 Å². The third-order valence-corrected chi connectivity index (χ3v) is 7.74. The highest BCUT2D eigenvalue weighted by Crippen LogP contribution is 2.45. The van der Waals surface area contributed by atoms with Crippen LogP contribution < -0.4 is 14.4 Å². The van der Waals surface area contributed by atoms with Gasteiger partial charge in [-0.25, -0.2) is 9.78 Å². The summed E-state index contributed by atoms with van der Waals surface area (Å²) in [6.07, 6.45) is 2.26. The molecule has 2 aliphatic rings. The number of esters is 1. The van der Waals surface area contributed by atoms with Gasteiger partial charge in [-0.1, -0.05) is 36.1 Å². The largest absolute Gasteiger partial charge is 0.507 e. The topological polar surface area (TPSA) is 115 Å². The summed E-state index contributed by atoms with van der Waals surface area (Å²) in [5.74, 6) is -1.40. The third-order valence-electron chi connectivity index (χ3n) is 6.61. The predicted octanol–water partition coefficient (Wildman–Crippen LogP) is 5.14. The average Bonchev–Trinajstić information content (AvgIpc) is 3.59. The number of aliphatic hydroxyl groups excluding tert-OH is 1. The van der Waals surface area contributed by atoms with Gasteiger partial charge >= 0.3 is 11.9 Å². The first kappa shape index (κ1) is 27.1. The van der Waals surface area contributed by atoms with E-state index in [0.717, 1.165) is 22.6 Å². The van der Waals surface area contributed by atoms with Crippen LogP contribution in [0.2, 0.25) is 0 Å². The van der Waals surface area contributed by atoms with Gasteiger partial charge in [-0.05, 0) is 62.2 Å². The van der Waals surface area contributed by atoms with Crippen molar-refractivity contribution in [1.29, 1.82) is 0 Å². The quantitative estimate of drug-likeness (QED) is 0.132. The summed E-state index contributed by atoms with van der Waals surface area (Å²) in [7, 11) is 0. The first-order chi connectivity index (χ1) is 19.2.